The van der Waals surface area contributed by atoms with Gasteiger partial charge < -0.3 is 10.5 Å². The van der Waals surface area contributed by atoms with Crippen LogP contribution in [0.15, 0.2) is 0 Å². The third kappa shape index (κ3) is 3.80. The van der Waals surface area contributed by atoms with Crippen LogP contribution in [-0.4, -0.2) is 43.2 Å². The zero-order chi connectivity index (χ0) is 11.3. The normalized spacial score (nSPS) is 27.7. The summed E-state index contributed by atoms with van der Waals surface area (Å²) in [6.45, 7) is 6.50. The first kappa shape index (κ1) is 12.5. The molecule has 4 nitrogen and oxygen atoms in total. The van der Waals surface area contributed by atoms with E-state index in [2.05, 4.69) is 11.8 Å². The van der Waals surface area contributed by atoms with Gasteiger partial charge >= 0.3 is 5.97 Å². The van der Waals surface area contributed by atoms with Gasteiger partial charge in [0.25, 0.3) is 0 Å². The van der Waals surface area contributed by atoms with Crippen molar-refractivity contribution in [3.8, 4) is 0 Å². The van der Waals surface area contributed by atoms with Gasteiger partial charge in [-0.1, -0.05) is 0 Å². The summed E-state index contributed by atoms with van der Waals surface area (Å²) in [5, 5.41) is 0. The van der Waals surface area contributed by atoms with E-state index in [9.17, 15) is 4.79 Å². The number of carbonyl (C=O) groups excluding carboxylic acids is 1. The van der Waals surface area contributed by atoms with E-state index >= 15 is 0 Å². The van der Waals surface area contributed by atoms with Crippen molar-refractivity contribution in [1.82, 2.24) is 4.90 Å². The molecule has 88 valence electrons. The van der Waals surface area contributed by atoms with Crippen LogP contribution in [0.5, 0.6) is 0 Å². The van der Waals surface area contributed by atoms with Crippen molar-refractivity contribution in [1.29, 1.82) is 0 Å². The molecular formula is C11H22N2O2. The maximum absolute atomic E-state index is 11.4. The summed E-state index contributed by atoms with van der Waals surface area (Å²) >= 11 is 0. The first-order chi connectivity index (χ1) is 7.17. The molecule has 1 heterocycles. The molecule has 2 unspecified atom stereocenters. The van der Waals surface area contributed by atoms with E-state index in [1.807, 2.05) is 6.92 Å². The highest BCUT2D eigenvalue weighted by Gasteiger charge is 2.26. The van der Waals surface area contributed by atoms with Gasteiger partial charge in [-0.05, 0) is 39.2 Å². The predicted molar refractivity (Wildman–Crippen MR) is 59.4 cm³/mol. The van der Waals surface area contributed by atoms with E-state index in [1.165, 1.54) is 6.42 Å². The van der Waals surface area contributed by atoms with Crippen molar-refractivity contribution in [2.45, 2.75) is 32.7 Å². The lowest BCUT2D eigenvalue weighted by molar-refractivity contribution is -0.145. The molecule has 1 aliphatic heterocycles. The predicted octanol–water partition coefficient (Wildman–Crippen LogP) is 0.609. The molecule has 0 aliphatic carbocycles. The maximum Gasteiger partial charge on any atom is 0.320 e. The quantitative estimate of drug-likeness (QED) is 0.697. The Morgan fingerprint density at radius 1 is 1.53 bits per heavy atom. The molecule has 1 fully saturated rings. The van der Waals surface area contributed by atoms with Gasteiger partial charge in [-0.3, -0.25) is 9.69 Å². The molecule has 0 radical (unpaired) electrons. The standard InChI is InChI=1S/C11H22N2O2/c1-3-15-11(14)8-13-7-10(6-12)5-4-9(13)2/h9-10H,3-8,12H2,1-2H3. The molecule has 4 heteroatoms. The second-order valence-corrected chi connectivity index (χ2v) is 4.26. The van der Waals surface area contributed by atoms with Crippen LogP contribution >= 0.6 is 0 Å². The summed E-state index contributed by atoms with van der Waals surface area (Å²) in [6.07, 6.45) is 2.30. The molecular weight excluding hydrogens is 192 g/mol. The third-order valence-electron chi connectivity index (χ3n) is 3.08. The summed E-state index contributed by atoms with van der Waals surface area (Å²) < 4.78 is 4.95. The first-order valence-corrected chi connectivity index (χ1v) is 5.77. The van der Waals surface area contributed by atoms with Crippen molar-refractivity contribution >= 4 is 5.97 Å². The minimum atomic E-state index is -0.123. The van der Waals surface area contributed by atoms with Crippen molar-refractivity contribution < 1.29 is 9.53 Å². The Morgan fingerprint density at radius 3 is 2.87 bits per heavy atom. The van der Waals surface area contributed by atoms with E-state index in [-0.39, 0.29) is 5.97 Å². The van der Waals surface area contributed by atoms with Crippen LogP contribution in [0.3, 0.4) is 0 Å². The van der Waals surface area contributed by atoms with E-state index in [4.69, 9.17) is 10.5 Å². The summed E-state index contributed by atoms with van der Waals surface area (Å²) in [7, 11) is 0. The largest absolute Gasteiger partial charge is 0.465 e. The molecule has 0 spiro atoms. The number of nitrogens with two attached hydrogens (primary N) is 1. The lowest BCUT2D eigenvalue weighted by atomic mass is 9.93. The Bertz CT molecular complexity index is 209. The number of hydrogen-bond donors (Lipinski definition) is 1. The minimum Gasteiger partial charge on any atom is -0.465 e. The molecule has 0 amide bonds. The van der Waals surface area contributed by atoms with Crippen LogP contribution in [0.4, 0.5) is 0 Å². The van der Waals surface area contributed by atoms with E-state index < -0.39 is 0 Å². The SMILES string of the molecule is CCOC(=O)CN1CC(CN)CCC1C. The molecule has 2 N–H and O–H groups in total. The lowest BCUT2D eigenvalue weighted by Crippen LogP contribution is -2.46. The van der Waals surface area contributed by atoms with Crippen LogP contribution in [0.1, 0.15) is 26.7 Å². The van der Waals surface area contributed by atoms with Crippen LogP contribution in [0, 0.1) is 5.92 Å². The monoisotopic (exact) mass is 214 g/mol. The molecule has 0 saturated carbocycles. The van der Waals surface area contributed by atoms with Gasteiger partial charge in [0, 0.05) is 12.6 Å². The smallest absolute Gasteiger partial charge is 0.320 e. The number of rotatable bonds is 4. The molecule has 0 aromatic rings. The Labute approximate surface area is 91.8 Å². The molecule has 0 aromatic heterocycles. The van der Waals surface area contributed by atoms with Gasteiger partial charge in [-0.2, -0.15) is 0 Å². The maximum atomic E-state index is 11.4. The van der Waals surface area contributed by atoms with Gasteiger partial charge in [-0.25, -0.2) is 0 Å². The second kappa shape index (κ2) is 6.08. The summed E-state index contributed by atoms with van der Waals surface area (Å²) in [6, 6.07) is 0.470. The van der Waals surface area contributed by atoms with E-state index in [0.717, 1.165) is 13.0 Å². The Morgan fingerprint density at radius 2 is 2.27 bits per heavy atom. The average molecular weight is 214 g/mol. The molecule has 0 aromatic carbocycles. The van der Waals surface area contributed by atoms with Crippen molar-refractivity contribution in [2.24, 2.45) is 11.7 Å². The number of carbonyl (C=O) groups is 1. The fourth-order valence-corrected chi connectivity index (χ4v) is 2.05. The summed E-state index contributed by atoms with van der Waals surface area (Å²) in [5.41, 5.74) is 5.66. The fraction of sp³-hybridized carbons (Fsp3) is 0.909. The second-order valence-electron chi connectivity index (χ2n) is 4.26. The number of likely N-dealkylation sites (tertiary alicyclic amines) is 1. The van der Waals surface area contributed by atoms with Crippen LogP contribution in [-0.2, 0) is 9.53 Å². The van der Waals surface area contributed by atoms with Crippen LogP contribution in [0.25, 0.3) is 0 Å². The molecule has 15 heavy (non-hydrogen) atoms. The van der Waals surface area contributed by atoms with Crippen molar-refractivity contribution in [3.63, 3.8) is 0 Å². The Kier molecular flexibility index (Phi) is 5.05. The zero-order valence-electron chi connectivity index (χ0n) is 9.74. The Balaban J connectivity index is 2.40. The Hall–Kier alpha value is -0.610. The lowest BCUT2D eigenvalue weighted by Gasteiger charge is -2.36. The number of hydrogen-bond acceptors (Lipinski definition) is 4. The first-order valence-electron chi connectivity index (χ1n) is 5.77. The molecule has 1 rings (SSSR count). The number of nitrogens with zero attached hydrogens (tertiary/aromatic N) is 1. The van der Waals surface area contributed by atoms with Gasteiger partial charge in [0.1, 0.15) is 0 Å². The minimum absolute atomic E-state index is 0.123. The van der Waals surface area contributed by atoms with E-state index in [0.29, 0.717) is 31.7 Å². The van der Waals surface area contributed by atoms with Gasteiger partial charge in [0.2, 0.25) is 0 Å². The highest BCUT2D eigenvalue weighted by molar-refractivity contribution is 5.71. The average Bonchev–Trinajstić information content (AvgIpc) is 2.21. The topological polar surface area (TPSA) is 55.6 Å². The van der Waals surface area contributed by atoms with Gasteiger partial charge in [0.05, 0.1) is 13.2 Å². The van der Waals surface area contributed by atoms with Crippen LogP contribution < -0.4 is 5.73 Å². The number of esters is 1. The van der Waals surface area contributed by atoms with Crippen molar-refractivity contribution in [3.05, 3.63) is 0 Å². The van der Waals surface area contributed by atoms with Gasteiger partial charge in [-0.15, -0.1) is 0 Å². The van der Waals surface area contributed by atoms with Crippen molar-refractivity contribution in [2.75, 3.05) is 26.2 Å². The third-order valence-corrected chi connectivity index (χ3v) is 3.08. The highest BCUT2D eigenvalue weighted by Crippen LogP contribution is 2.20. The molecule has 2 atom stereocenters. The summed E-state index contributed by atoms with van der Waals surface area (Å²) in [5.74, 6) is 0.414. The molecule has 1 saturated heterocycles. The number of ether oxygens (including phenoxy) is 1. The zero-order valence-corrected chi connectivity index (χ0v) is 9.74. The highest BCUT2D eigenvalue weighted by atomic mass is 16.5. The molecule has 1 aliphatic rings. The van der Waals surface area contributed by atoms with E-state index in [1.54, 1.807) is 0 Å². The number of piperidine rings is 1. The van der Waals surface area contributed by atoms with Crippen LogP contribution in [0.2, 0.25) is 0 Å². The summed E-state index contributed by atoms with van der Waals surface area (Å²) in [4.78, 5) is 13.5. The molecule has 0 bridgehead atoms. The fourth-order valence-electron chi connectivity index (χ4n) is 2.05. The van der Waals surface area contributed by atoms with Gasteiger partial charge in [0.15, 0.2) is 0 Å².